The van der Waals surface area contributed by atoms with Gasteiger partial charge in [-0.15, -0.1) is 0 Å². The van der Waals surface area contributed by atoms with Gasteiger partial charge in [0, 0.05) is 25.8 Å². The second kappa shape index (κ2) is 4.99. The second-order valence-corrected chi connectivity index (χ2v) is 3.25. The van der Waals surface area contributed by atoms with Crippen LogP contribution in [-0.4, -0.2) is 18.3 Å². The van der Waals surface area contributed by atoms with E-state index in [4.69, 9.17) is 9.26 Å². The first-order valence-corrected chi connectivity index (χ1v) is 4.39. The Labute approximate surface area is 78.2 Å². The van der Waals surface area contributed by atoms with Gasteiger partial charge in [0.15, 0.2) is 5.76 Å². The number of hydrogen-bond acceptors (Lipinski definition) is 4. The van der Waals surface area contributed by atoms with E-state index in [0.29, 0.717) is 12.6 Å². The standard InChI is InChI=1S/C9H16N2O2/c1-7(2)10-5-8-4-9(6-12-3)13-11-8/h4,7,10H,5-6H2,1-3H3. The summed E-state index contributed by atoms with van der Waals surface area (Å²) >= 11 is 0. The highest BCUT2D eigenvalue weighted by Crippen LogP contribution is 2.04. The maximum absolute atomic E-state index is 5.02. The van der Waals surface area contributed by atoms with Gasteiger partial charge in [0.2, 0.25) is 0 Å². The smallest absolute Gasteiger partial charge is 0.162 e. The molecule has 0 aliphatic carbocycles. The van der Waals surface area contributed by atoms with Crippen LogP contribution in [0.4, 0.5) is 0 Å². The number of rotatable bonds is 5. The van der Waals surface area contributed by atoms with Crippen molar-refractivity contribution >= 4 is 0 Å². The van der Waals surface area contributed by atoms with E-state index in [9.17, 15) is 0 Å². The zero-order valence-electron chi connectivity index (χ0n) is 8.33. The van der Waals surface area contributed by atoms with Gasteiger partial charge in [-0.25, -0.2) is 0 Å². The average Bonchev–Trinajstić information content (AvgIpc) is 2.50. The van der Waals surface area contributed by atoms with Crippen LogP contribution in [0.3, 0.4) is 0 Å². The lowest BCUT2D eigenvalue weighted by atomic mass is 10.3. The van der Waals surface area contributed by atoms with Crippen molar-refractivity contribution < 1.29 is 9.26 Å². The van der Waals surface area contributed by atoms with E-state index in [1.165, 1.54) is 0 Å². The van der Waals surface area contributed by atoms with Crippen LogP contribution < -0.4 is 5.32 Å². The molecule has 0 bridgehead atoms. The van der Waals surface area contributed by atoms with Crippen LogP contribution in [0.25, 0.3) is 0 Å². The number of nitrogens with zero attached hydrogens (tertiary/aromatic N) is 1. The number of aromatic nitrogens is 1. The predicted molar refractivity (Wildman–Crippen MR) is 49.2 cm³/mol. The zero-order valence-corrected chi connectivity index (χ0v) is 8.33. The van der Waals surface area contributed by atoms with Gasteiger partial charge in [0.05, 0.1) is 5.69 Å². The maximum atomic E-state index is 5.02. The Morgan fingerprint density at radius 3 is 3.00 bits per heavy atom. The Morgan fingerprint density at radius 2 is 2.38 bits per heavy atom. The second-order valence-electron chi connectivity index (χ2n) is 3.25. The van der Waals surface area contributed by atoms with Crippen molar-refractivity contribution in [1.82, 2.24) is 10.5 Å². The molecule has 0 aliphatic heterocycles. The van der Waals surface area contributed by atoms with Gasteiger partial charge in [-0.1, -0.05) is 19.0 Å². The van der Waals surface area contributed by atoms with Gasteiger partial charge in [0.1, 0.15) is 6.61 Å². The van der Waals surface area contributed by atoms with E-state index in [-0.39, 0.29) is 0 Å². The Bertz CT molecular complexity index is 246. The molecule has 0 aromatic carbocycles. The average molecular weight is 184 g/mol. The Morgan fingerprint density at radius 1 is 1.62 bits per heavy atom. The van der Waals surface area contributed by atoms with Crippen LogP contribution >= 0.6 is 0 Å². The summed E-state index contributed by atoms with van der Waals surface area (Å²) in [4.78, 5) is 0. The molecule has 0 radical (unpaired) electrons. The number of nitrogens with one attached hydrogen (secondary N) is 1. The summed E-state index contributed by atoms with van der Waals surface area (Å²) in [6.07, 6.45) is 0. The van der Waals surface area contributed by atoms with Gasteiger partial charge in [0.25, 0.3) is 0 Å². The van der Waals surface area contributed by atoms with Crippen LogP contribution in [0.15, 0.2) is 10.6 Å². The van der Waals surface area contributed by atoms with Gasteiger partial charge in [-0.2, -0.15) is 0 Å². The molecule has 0 unspecified atom stereocenters. The zero-order chi connectivity index (χ0) is 9.68. The molecule has 0 atom stereocenters. The molecule has 0 saturated carbocycles. The molecule has 1 heterocycles. The first-order valence-electron chi connectivity index (χ1n) is 4.39. The van der Waals surface area contributed by atoms with Crippen LogP contribution in [-0.2, 0) is 17.9 Å². The molecular weight excluding hydrogens is 168 g/mol. The largest absolute Gasteiger partial charge is 0.377 e. The fourth-order valence-electron chi connectivity index (χ4n) is 0.958. The quantitative estimate of drug-likeness (QED) is 0.749. The van der Waals surface area contributed by atoms with Crippen molar-refractivity contribution in [2.24, 2.45) is 0 Å². The molecule has 1 rings (SSSR count). The van der Waals surface area contributed by atoms with Crippen LogP contribution in [0.2, 0.25) is 0 Å². The molecule has 0 spiro atoms. The van der Waals surface area contributed by atoms with Crippen molar-refractivity contribution in [2.75, 3.05) is 7.11 Å². The van der Waals surface area contributed by atoms with Crippen molar-refractivity contribution in [3.8, 4) is 0 Å². The summed E-state index contributed by atoms with van der Waals surface area (Å²) in [6, 6.07) is 2.36. The van der Waals surface area contributed by atoms with Crippen molar-refractivity contribution in [3.05, 3.63) is 17.5 Å². The Hall–Kier alpha value is -0.870. The molecular formula is C9H16N2O2. The SMILES string of the molecule is COCc1cc(CNC(C)C)no1. The van der Waals surface area contributed by atoms with E-state index in [1.54, 1.807) is 7.11 Å². The van der Waals surface area contributed by atoms with Crippen LogP contribution in [0, 0.1) is 0 Å². The molecule has 4 nitrogen and oxygen atoms in total. The summed E-state index contributed by atoms with van der Waals surface area (Å²) in [7, 11) is 1.63. The fourth-order valence-corrected chi connectivity index (χ4v) is 0.958. The minimum Gasteiger partial charge on any atom is -0.377 e. The normalized spacial score (nSPS) is 11.1. The van der Waals surface area contributed by atoms with Gasteiger partial charge in [-0.3, -0.25) is 0 Å². The third kappa shape index (κ3) is 3.57. The van der Waals surface area contributed by atoms with Gasteiger partial charge in [-0.05, 0) is 0 Å². The van der Waals surface area contributed by atoms with Crippen molar-refractivity contribution in [2.45, 2.75) is 33.0 Å². The summed E-state index contributed by atoms with van der Waals surface area (Å²) in [5.74, 6) is 0.767. The minimum absolute atomic E-state index is 0.461. The van der Waals surface area contributed by atoms with E-state index in [2.05, 4.69) is 24.3 Å². The summed E-state index contributed by atoms with van der Waals surface area (Å²) in [5, 5.41) is 7.14. The van der Waals surface area contributed by atoms with E-state index in [0.717, 1.165) is 18.0 Å². The molecule has 0 fully saturated rings. The van der Waals surface area contributed by atoms with Crippen molar-refractivity contribution in [3.63, 3.8) is 0 Å². The van der Waals surface area contributed by atoms with E-state index in [1.807, 2.05) is 6.07 Å². The monoisotopic (exact) mass is 184 g/mol. The lowest BCUT2D eigenvalue weighted by Crippen LogP contribution is -2.21. The fraction of sp³-hybridized carbons (Fsp3) is 0.667. The van der Waals surface area contributed by atoms with E-state index >= 15 is 0 Å². The topological polar surface area (TPSA) is 47.3 Å². The molecule has 1 aromatic heterocycles. The van der Waals surface area contributed by atoms with E-state index < -0.39 is 0 Å². The summed E-state index contributed by atoms with van der Waals surface area (Å²) < 4.78 is 9.93. The molecule has 1 N–H and O–H groups in total. The number of hydrogen-bond donors (Lipinski definition) is 1. The summed E-state index contributed by atoms with van der Waals surface area (Å²) in [5.41, 5.74) is 0.917. The van der Waals surface area contributed by atoms with Gasteiger partial charge >= 0.3 is 0 Å². The molecule has 13 heavy (non-hydrogen) atoms. The Balaban J connectivity index is 2.39. The number of ether oxygens (including phenoxy) is 1. The lowest BCUT2D eigenvalue weighted by Gasteiger charge is -2.03. The van der Waals surface area contributed by atoms with Crippen molar-refractivity contribution in [1.29, 1.82) is 0 Å². The van der Waals surface area contributed by atoms with Gasteiger partial charge < -0.3 is 14.6 Å². The van der Waals surface area contributed by atoms with Crippen LogP contribution in [0.5, 0.6) is 0 Å². The molecule has 4 heteroatoms. The third-order valence-electron chi connectivity index (χ3n) is 1.59. The highest BCUT2D eigenvalue weighted by atomic mass is 16.5. The Kier molecular flexibility index (Phi) is 3.92. The minimum atomic E-state index is 0.461. The molecule has 1 aromatic rings. The first-order chi connectivity index (χ1) is 6.22. The first kappa shape index (κ1) is 10.2. The maximum Gasteiger partial charge on any atom is 0.162 e. The predicted octanol–water partition coefficient (Wildman–Crippen LogP) is 1.32. The highest BCUT2D eigenvalue weighted by molar-refractivity contribution is 5.04. The molecule has 0 amide bonds. The van der Waals surface area contributed by atoms with Crippen LogP contribution in [0.1, 0.15) is 25.3 Å². The molecule has 0 aliphatic rings. The highest BCUT2D eigenvalue weighted by Gasteiger charge is 2.03. The lowest BCUT2D eigenvalue weighted by molar-refractivity contribution is 0.155. The summed E-state index contributed by atoms with van der Waals surface area (Å²) in [6.45, 7) is 5.41. The number of methoxy groups -OCH3 is 1. The molecule has 0 saturated heterocycles. The third-order valence-corrected chi connectivity index (χ3v) is 1.59. The molecule has 74 valence electrons.